The molecule has 0 fully saturated rings. The third-order valence-electron chi connectivity index (χ3n) is 5.04. The molecule has 2 aromatic heterocycles. The summed E-state index contributed by atoms with van der Waals surface area (Å²) in [5.74, 6) is 6.07. The number of hydrogen-bond donors (Lipinski definition) is 2. The van der Waals surface area contributed by atoms with Crippen molar-refractivity contribution >= 4 is 28.6 Å². The number of nitrogen functional groups attached to an aromatic ring is 1. The van der Waals surface area contributed by atoms with Crippen LogP contribution < -0.4 is 16.3 Å². The Morgan fingerprint density at radius 3 is 2.87 bits per heavy atom. The minimum atomic E-state index is -0.492. The lowest BCUT2D eigenvalue weighted by atomic mass is 9.96. The molecule has 0 radical (unpaired) electrons. The summed E-state index contributed by atoms with van der Waals surface area (Å²) < 4.78 is 20.3. The van der Waals surface area contributed by atoms with Gasteiger partial charge in [0.1, 0.15) is 11.9 Å². The second-order valence-electron chi connectivity index (χ2n) is 7.18. The summed E-state index contributed by atoms with van der Waals surface area (Å²) in [6.07, 6.45) is 1.57. The molecule has 1 unspecified atom stereocenters. The first-order chi connectivity index (χ1) is 14.9. The average Bonchev–Trinajstić information content (AvgIpc) is 3.11. The Kier molecular flexibility index (Phi) is 5.69. The molecule has 4 N–H and O–H groups in total. The number of pyridine rings is 1. The molecule has 7 nitrogen and oxygen atoms in total. The van der Waals surface area contributed by atoms with Crippen LogP contribution in [0.5, 0.6) is 5.75 Å². The van der Waals surface area contributed by atoms with Gasteiger partial charge in [0.15, 0.2) is 11.6 Å². The zero-order chi connectivity index (χ0) is 22.1. The number of halogens is 1. The predicted octanol–water partition coefficient (Wildman–Crippen LogP) is 4.05. The fraction of sp³-hybridized carbons (Fsp3) is 0.273. The van der Waals surface area contributed by atoms with Crippen LogP contribution in [-0.2, 0) is 6.42 Å². The minimum Gasteiger partial charge on any atom is -0.482 e. The van der Waals surface area contributed by atoms with Crippen LogP contribution in [0.15, 0.2) is 40.6 Å². The summed E-state index contributed by atoms with van der Waals surface area (Å²) in [5, 5.41) is 4.94. The van der Waals surface area contributed by atoms with Crippen LogP contribution in [0, 0.1) is 12.7 Å². The molecule has 0 amide bonds. The van der Waals surface area contributed by atoms with Gasteiger partial charge in [-0.25, -0.2) is 14.4 Å². The number of fused-ring (bicyclic) bond motifs is 5. The highest BCUT2D eigenvalue weighted by Crippen LogP contribution is 2.37. The van der Waals surface area contributed by atoms with Gasteiger partial charge >= 0.3 is 0 Å². The maximum absolute atomic E-state index is 14.2. The van der Waals surface area contributed by atoms with Gasteiger partial charge in [-0.2, -0.15) is 5.10 Å². The number of rotatable bonds is 1. The van der Waals surface area contributed by atoms with Gasteiger partial charge in [0, 0.05) is 40.7 Å². The quantitative estimate of drug-likeness (QED) is 0.440. The third kappa shape index (κ3) is 4.00. The number of hydrazone groups is 1. The molecule has 3 heterocycles. The van der Waals surface area contributed by atoms with Crippen molar-refractivity contribution in [3.63, 3.8) is 0 Å². The molecule has 0 saturated heterocycles. The average molecular weight is 439 g/mol. The number of aromatic nitrogens is 2. The van der Waals surface area contributed by atoms with Crippen molar-refractivity contribution in [3.05, 3.63) is 57.3 Å². The molecule has 0 aliphatic carbocycles. The van der Waals surface area contributed by atoms with Crippen molar-refractivity contribution in [3.8, 4) is 17.0 Å². The molecule has 1 aliphatic rings. The van der Waals surface area contributed by atoms with Crippen LogP contribution in [0.4, 0.5) is 10.2 Å². The standard InChI is InChI=1S/C22H23FN6OS/c1-4-26-20-13-7-18(22(24)27-10-13)30-11(2)16-8-14(23)5-6-15(16)21-19(9-17(20)29-25)31-12(3)28-21/h5-8,10-11H,4,9,25H2,1-3H3,(H2,24,27). The monoisotopic (exact) mass is 438 g/mol. The summed E-state index contributed by atoms with van der Waals surface area (Å²) in [5.41, 5.74) is 10.2. The number of aliphatic imine (C=N–C) groups is 1. The van der Waals surface area contributed by atoms with Crippen LogP contribution in [-0.4, -0.2) is 27.9 Å². The number of aryl methyl sites for hydroxylation is 1. The van der Waals surface area contributed by atoms with Crippen molar-refractivity contribution in [2.24, 2.45) is 15.9 Å². The number of ether oxygens (including phenoxy) is 1. The Morgan fingerprint density at radius 1 is 1.32 bits per heavy atom. The van der Waals surface area contributed by atoms with E-state index >= 15 is 0 Å². The predicted molar refractivity (Wildman–Crippen MR) is 122 cm³/mol. The molecular weight excluding hydrogens is 415 g/mol. The lowest BCUT2D eigenvalue weighted by Gasteiger charge is -2.21. The van der Waals surface area contributed by atoms with E-state index in [-0.39, 0.29) is 11.6 Å². The Balaban J connectivity index is 2.00. The van der Waals surface area contributed by atoms with E-state index in [2.05, 4.69) is 15.1 Å². The number of nitrogens with two attached hydrogens (primary N) is 2. The van der Waals surface area contributed by atoms with Gasteiger partial charge < -0.3 is 16.3 Å². The minimum absolute atomic E-state index is 0.234. The summed E-state index contributed by atoms with van der Waals surface area (Å²) in [6.45, 7) is 6.27. The van der Waals surface area contributed by atoms with E-state index < -0.39 is 6.10 Å². The summed E-state index contributed by atoms with van der Waals surface area (Å²) in [6, 6.07) is 6.40. The lowest BCUT2D eigenvalue weighted by molar-refractivity contribution is 0.227. The smallest absolute Gasteiger partial charge is 0.166 e. The molecule has 1 atom stereocenters. The van der Waals surface area contributed by atoms with Gasteiger partial charge in [0.2, 0.25) is 0 Å². The second-order valence-corrected chi connectivity index (χ2v) is 8.47. The van der Waals surface area contributed by atoms with E-state index in [1.54, 1.807) is 29.7 Å². The second kappa shape index (κ2) is 8.43. The highest BCUT2D eigenvalue weighted by molar-refractivity contribution is 7.12. The maximum Gasteiger partial charge on any atom is 0.166 e. The largest absolute Gasteiger partial charge is 0.482 e. The van der Waals surface area contributed by atoms with Crippen molar-refractivity contribution in [1.29, 1.82) is 0 Å². The molecule has 1 aliphatic heterocycles. The van der Waals surface area contributed by atoms with E-state index in [1.807, 2.05) is 20.8 Å². The van der Waals surface area contributed by atoms with E-state index in [4.69, 9.17) is 21.3 Å². The normalized spacial score (nSPS) is 18.6. The number of anilines is 1. The summed E-state index contributed by atoms with van der Waals surface area (Å²) in [7, 11) is 0. The van der Waals surface area contributed by atoms with E-state index in [0.29, 0.717) is 41.3 Å². The topological polar surface area (TPSA) is 112 Å². The Labute approximate surface area is 183 Å². The molecule has 9 heteroatoms. The molecular formula is C22H23FN6OS. The molecule has 160 valence electrons. The zero-order valence-corrected chi connectivity index (χ0v) is 18.3. The molecule has 2 bridgehead atoms. The van der Waals surface area contributed by atoms with Crippen molar-refractivity contribution in [2.45, 2.75) is 33.3 Å². The van der Waals surface area contributed by atoms with E-state index in [1.165, 1.54) is 12.1 Å². The van der Waals surface area contributed by atoms with Crippen LogP contribution in [0.25, 0.3) is 11.3 Å². The van der Waals surface area contributed by atoms with Gasteiger partial charge in [-0.15, -0.1) is 11.3 Å². The zero-order valence-electron chi connectivity index (χ0n) is 17.5. The van der Waals surface area contributed by atoms with Crippen molar-refractivity contribution in [1.82, 2.24) is 9.97 Å². The van der Waals surface area contributed by atoms with Gasteiger partial charge in [-0.1, -0.05) is 0 Å². The van der Waals surface area contributed by atoms with Gasteiger partial charge in [0.05, 0.1) is 22.1 Å². The van der Waals surface area contributed by atoms with Crippen molar-refractivity contribution < 1.29 is 9.13 Å². The first kappa shape index (κ1) is 20.9. The highest BCUT2D eigenvalue weighted by atomic mass is 32.1. The molecule has 4 rings (SSSR count). The van der Waals surface area contributed by atoms with Crippen LogP contribution in [0.2, 0.25) is 0 Å². The number of thiazole rings is 1. The number of nitrogens with zero attached hydrogens (tertiary/aromatic N) is 4. The maximum atomic E-state index is 14.2. The first-order valence-electron chi connectivity index (χ1n) is 9.91. The molecule has 31 heavy (non-hydrogen) atoms. The molecule has 0 saturated carbocycles. The lowest BCUT2D eigenvalue weighted by Crippen LogP contribution is -2.22. The molecule has 1 aromatic carbocycles. The molecule has 0 spiro atoms. The Bertz CT molecular complexity index is 1200. The fourth-order valence-electron chi connectivity index (χ4n) is 3.67. The van der Waals surface area contributed by atoms with E-state index in [0.717, 1.165) is 21.1 Å². The van der Waals surface area contributed by atoms with E-state index in [9.17, 15) is 4.39 Å². The van der Waals surface area contributed by atoms with Gasteiger partial charge in [0.25, 0.3) is 0 Å². The Morgan fingerprint density at radius 2 is 2.13 bits per heavy atom. The summed E-state index contributed by atoms with van der Waals surface area (Å²) >= 11 is 1.55. The van der Waals surface area contributed by atoms with Gasteiger partial charge in [-0.3, -0.25) is 4.99 Å². The SMILES string of the molecule is CCN=C1C(=NN)Cc2sc(C)nc2-c2ccc(F)cc2C(C)Oc2cc1cnc2N. The number of hydrogen-bond acceptors (Lipinski definition) is 8. The van der Waals surface area contributed by atoms with Gasteiger partial charge in [-0.05, 0) is 45.0 Å². The summed E-state index contributed by atoms with van der Waals surface area (Å²) in [4.78, 5) is 14.6. The van der Waals surface area contributed by atoms with Crippen molar-refractivity contribution in [2.75, 3.05) is 12.3 Å². The van der Waals surface area contributed by atoms with Crippen LogP contribution in [0.1, 0.15) is 41.0 Å². The fourth-order valence-corrected chi connectivity index (χ4v) is 4.62. The van der Waals surface area contributed by atoms with Crippen LogP contribution >= 0.6 is 11.3 Å². The van der Waals surface area contributed by atoms with Crippen LogP contribution in [0.3, 0.4) is 0 Å². The number of benzene rings is 1. The Hall–Kier alpha value is -3.33. The third-order valence-corrected chi connectivity index (χ3v) is 6.01. The highest BCUT2D eigenvalue weighted by Gasteiger charge is 2.25. The molecule has 3 aromatic rings. The first-order valence-corrected chi connectivity index (χ1v) is 10.7.